The van der Waals surface area contributed by atoms with Gasteiger partial charge in [-0.05, 0) is 48.1 Å². The second-order valence-electron chi connectivity index (χ2n) is 10.9. The molecule has 0 atom stereocenters. The third-order valence-electron chi connectivity index (χ3n) is 8.14. The molecule has 204 valence electrons. The van der Waals surface area contributed by atoms with Gasteiger partial charge in [0.2, 0.25) is 0 Å². The van der Waals surface area contributed by atoms with E-state index in [0.29, 0.717) is 28.8 Å². The van der Waals surface area contributed by atoms with Crippen molar-refractivity contribution in [2.75, 3.05) is 0 Å². The van der Waals surface area contributed by atoms with Crippen LogP contribution in [0, 0.1) is 13.8 Å². The van der Waals surface area contributed by atoms with Crippen molar-refractivity contribution in [3.63, 3.8) is 0 Å². The van der Waals surface area contributed by atoms with Gasteiger partial charge in [0.15, 0.2) is 17.4 Å². The van der Waals surface area contributed by atoms with Crippen molar-refractivity contribution in [3.05, 3.63) is 132 Å². The number of hydrogen-bond acceptors (Lipinski definition) is 5. The van der Waals surface area contributed by atoms with E-state index in [1.165, 1.54) is 5.56 Å². The van der Waals surface area contributed by atoms with Crippen LogP contribution in [0.15, 0.2) is 126 Å². The normalized spacial score (nSPS) is 12.1. The first kappa shape index (κ1) is 25.2. The van der Waals surface area contributed by atoms with Gasteiger partial charge in [0.25, 0.3) is 0 Å². The second kappa shape index (κ2) is 10.1. The molecule has 1 aliphatic rings. The van der Waals surface area contributed by atoms with Crippen LogP contribution in [-0.2, 0) is 0 Å². The Hall–Kier alpha value is -5.49. The molecule has 8 rings (SSSR count). The number of ether oxygens (including phenoxy) is 1. The Balaban J connectivity index is 1.41. The van der Waals surface area contributed by atoms with Crippen LogP contribution in [0.5, 0.6) is 11.5 Å². The summed E-state index contributed by atoms with van der Waals surface area (Å²) in [6.45, 7) is 3.86. The summed E-state index contributed by atoms with van der Waals surface area (Å²) in [5.41, 5.74) is 9.44. The lowest BCUT2D eigenvalue weighted by Gasteiger charge is -2.22. The molecule has 0 spiro atoms. The third kappa shape index (κ3) is 4.22. The van der Waals surface area contributed by atoms with Crippen LogP contribution in [0.1, 0.15) is 11.1 Å². The van der Waals surface area contributed by atoms with Crippen LogP contribution in [0.2, 0.25) is 0 Å². The standard InChI is InChI=1S/C37H26BN3O2/c1-23-13-9-10-18-27(23)31-24(2)21-22-28-32(31)43-34-33(28)42-30-20-12-11-19-29(30)38(34)37-40-35(25-14-5-3-6-15-25)39-36(41-37)26-16-7-4-8-17-26/h3-22H,1-2H3. The molecule has 3 heterocycles. The van der Waals surface area contributed by atoms with Crippen LogP contribution in [-0.4, -0.2) is 21.7 Å². The number of para-hydroxylation sites is 1. The first-order valence-electron chi connectivity index (χ1n) is 14.4. The fraction of sp³-hybridized carbons (Fsp3) is 0.0541. The SMILES string of the molecule is Cc1ccccc1-c1c(C)ccc2c3c(oc12)B(c1nc(-c2ccccc2)nc(-c2ccccc2)n1)c1ccccc1O3. The second-order valence-corrected chi connectivity index (χ2v) is 10.9. The largest absolute Gasteiger partial charge is 0.465 e. The maximum Gasteiger partial charge on any atom is 0.343 e. The van der Waals surface area contributed by atoms with Crippen molar-refractivity contribution in [1.82, 2.24) is 15.0 Å². The average molecular weight is 555 g/mol. The lowest BCUT2D eigenvalue weighted by molar-refractivity contribution is 0.482. The quantitative estimate of drug-likeness (QED) is 0.222. The molecule has 43 heavy (non-hydrogen) atoms. The Morgan fingerprint density at radius 3 is 1.91 bits per heavy atom. The van der Waals surface area contributed by atoms with Gasteiger partial charge in [0.1, 0.15) is 22.7 Å². The summed E-state index contributed by atoms with van der Waals surface area (Å²) in [6.07, 6.45) is 0. The number of furan rings is 1. The summed E-state index contributed by atoms with van der Waals surface area (Å²) in [5.74, 6) is 2.70. The van der Waals surface area contributed by atoms with Crippen molar-refractivity contribution in [2.45, 2.75) is 13.8 Å². The maximum absolute atomic E-state index is 6.90. The molecule has 7 aromatic rings. The molecule has 0 bridgehead atoms. The van der Waals surface area contributed by atoms with E-state index in [1.807, 2.05) is 78.9 Å². The molecule has 6 heteroatoms. The van der Waals surface area contributed by atoms with Crippen molar-refractivity contribution in [1.29, 1.82) is 0 Å². The zero-order valence-corrected chi connectivity index (χ0v) is 23.8. The lowest BCUT2D eigenvalue weighted by atomic mass is 9.41. The van der Waals surface area contributed by atoms with Gasteiger partial charge in [-0.2, -0.15) is 0 Å². The Bertz CT molecular complexity index is 2080. The lowest BCUT2D eigenvalue weighted by Crippen LogP contribution is -2.56. The summed E-state index contributed by atoms with van der Waals surface area (Å²) < 4.78 is 13.5. The minimum atomic E-state index is -0.398. The van der Waals surface area contributed by atoms with Crippen LogP contribution in [0.4, 0.5) is 0 Å². The Morgan fingerprint density at radius 2 is 1.21 bits per heavy atom. The number of rotatable bonds is 4. The first-order valence-corrected chi connectivity index (χ1v) is 14.4. The van der Waals surface area contributed by atoms with E-state index in [9.17, 15) is 0 Å². The third-order valence-corrected chi connectivity index (χ3v) is 8.14. The topological polar surface area (TPSA) is 61.0 Å². The van der Waals surface area contributed by atoms with Gasteiger partial charge >= 0.3 is 6.71 Å². The van der Waals surface area contributed by atoms with Gasteiger partial charge < -0.3 is 9.15 Å². The van der Waals surface area contributed by atoms with Gasteiger partial charge in [0.05, 0.1) is 5.39 Å². The number of fused-ring (bicyclic) bond motifs is 4. The summed E-state index contributed by atoms with van der Waals surface area (Å²) in [5, 5.41) is 0.930. The Labute approximate surface area is 250 Å². The predicted octanol–water partition coefficient (Wildman–Crippen LogP) is 6.86. The monoisotopic (exact) mass is 555 g/mol. The minimum absolute atomic E-state index is 0.398. The molecule has 5 nitrogen and oxygen atoms in total. The molecule has 0 saturated carbocycles. The highest BCUT2D eigenvalue weighted by atomic mass is 16.5. The van der Waals surface area contributed by atoms with E-state index >= 15 is 0 Å². The number of aryl methyl sites for hydroxylation is 2. The van der Waals surface area contributed by atoms with Crippen molar-refractivity contribution in [2.24, 2.45) is 0 Å². The predicted molar refractivity (Wildman–Crippen MR) is 173 cm³/mol. The smallest absolute Gasteiger partial charge is 0.343 e. The van der Waals surface area contributed by atoms with E-state index in [-0.39, 0.29) is 0 Å². The first-order chi connectivity index (χ1) is 21.2. The van der Waals surface area contributed by atoms with Crippen molar-refractivity contribution >= 4 is 34.5 Å². The molecule has 0 amide bonds. The molecule has 1 aliphatic heterocycles. The highest BCUT2D eigenvalue weighted by molar-refractivity contribution is 6.95. The molecule has 0 unspecified atom stereocenters. The molecule has 2 aromatic heterocycles. The Morgan fingerprint density at radius 1 is 0.581 bits per heavy atom. The highest BCUT2D eigenvalue weighted by Crippen LogP contribution is 2.40. The van der Waals surface area contributed by atoms with Gasteiger partial charge in [-0.3, -0.25) is 0 Å². The van der Waals surface area contributed by atoms with Crippen LogP contribution in [0.3, 0.4) is 0 Å². The fourth-order valence-corrected chi connectivity index (χ4v) is 6.01. The summed E-state index contributed by atoms with van der Waals surface area (Å²) in [6, 6.07) is 40.8. The van der Waals surface area contributed by atoms with E-state index < -0.39 is 6.71 Å². The minimum Gasteiger partial charge on any atom is -0.465 e. The van der Waals surface area contributed by atoms with Crippen LogP contribution in [0.25, 0.3) is 44.9 Å². The van der Waals surface area contributed by atoms with E-state index in [4.69, 9.17) is 24.1 Å². The zero-order valence-electron chi connectivity index (χ0n) is 23.8. The number of hydrogen-bond donors (Lipinski definition) is 0. The summed E-state index contributed by atoms with van der Waals surface area (Å²) in [4.78, 5) is 15.1. The molecule has 0 fully saturated rings. The molecular weight excluding hydrogens is 529 g/mol. The van der Waals surface area contributed by atoms with Gasteiger partial charge in [0, 0.05) is 16.7 Å². The highest BCUT2D eigenvalue weighted by Gasteiger charge is 2.41. The summed E-state index contributed by atoms with van der Waals surface area (Å²) >= 11 is 0. The van der Waals surface area contributed by atoms with Crippen molar-refractivity contribution < 1.29 is 9.15 Å². The molecule has 0 saturated heterocycles. The van der Waals surface area contributed by atoms with Gasteiger partial charge in [-0.25, -0.2) is 15.0 Å². The van der Waals surface area contributed by atoms with Gasteiger partial charge in [-0.1, -0.05) is 109 Å². The number of nitrogens with zero attached hydrogens (tertiary/aromatic N) is 3. The molecule has 0 N–H and O–H groups in total. The van der Waals surface area contributed by atoms with Crippen LogP contribution >= 0.6 is 0 Å². The van der Waals surface area contributed by atoms with E-state index in [2.05, 4.69) is 56.3 Å². The molecular formula is C37H26BN3O2. The molecule has 0 radical (unpaired) electrons. The molecule has 0 aliphatic carbocycles. The maximum atomic E-state index is 6.90. The summed E-state index contributed by atoms with van der Waals surface area (Å²) in [7, 11) is 0. The van der Waals surface area contributed by atoms with Crippen molar-refractivity contribution in [3.8, 4) is 45.4 Å². The van der Waals surface area contributed by atoms with Gasteiger partial charge in [-0.15, -0.1) is 0 Å². The average Bonchev–Trinajstić information content (AvgIpc) is 3.42. The fourth-order valence-electron chi connectivity index (χ4n) is 6.01. The van der Waals surface area contributed by atoms with E-state index in [1.54, 1.807) is 0 Å². The van der Waals surface area contributed by atoms with E-state index in [0.717, 1.165) is 50.0 Å². The Kier molecular flexibility index (Phi) is 5.93. The van der Waals surface area contributed by atoms with Crippen LogP contribution < -0.4 is 21.6 Å². The zero-order chi connectivity index (χ0) is 28.9. The number of benzene rings is 5. The number of aromatic nitrogens is 3. The molecule has 5 aromatic carbocycles.